The number of aromatic hydroxyl groups is 1. The molecule has 0 amide bonds. The SMILES string of the molecule is CCc1c(O)cccc1C1CCN1. The molecule has 1 heterocycles. The summed E-state index contributed by atoms with van der Waals surface area (Å²) in [6.07, 6.45) is 2.09. The highest BCUT2D eigenvalue weighted by atomic mass is 16.3. The van der Waals surface area contributed by atoms with Crippen molar-refractivity contribution in [3.8, 4) is 5.75 Å². The molecule has 2 N–H and O–H groups in total. The predicted molar refractivity (Wildman–Crippen MR) is 52.8 cm³/mol. The monoisotopic (exact) mass is 177 g/mol. The summed E-state index contributed by atoms with van der Waals surface area (Å²) in [4.78, 5) is 0. The van der Waals surface area contributed by atoms with Gasteiger partial charge in [-0.2, -0.15) is 0 Å². The zero-order valence-corrected chi connectivity index (χ0v) is 7.88. The molecule has 1 saturated heterocycles. The molecule has 1 fully saturated rings. The fourth-order valence-corrected chi connectivity index (χ4v) is 1.86. The van der Waals surface area contributed by atoms with E-state index in [-0.39, 0.29) is 0 Å². The van der Waals surface area contributed by atoms with Gasteiger partial charge in [0.1, 0.15) is 5.75 Å². The van der Waals surface area contributed by atoms with Crippen molar-refractivity contribution in [1.29, 1.82) is 0 Å². The molecule has 0 spiro atoms. The van der Waals surface area contributed by atoms with Crippen LogP contribution in [0.1, 0.15) is 30.5 Å². The summed E-state index contributed by atoms with van der Waals surface area (Å²) in [6.45, 7) is 3.18. The first-order valence-electron chi connectivity index (χ1n) is 4.87. The highest BCUT2D eigenvalue weighted by Gasteiger charge is 2.21. The summed E-state index contributed by atoms with van der Waals surface area (Å²) in [7, 11) is 0. The Morgan fingerprint density at radius 1 is 1.54 bits per heavy atom. The van der Waals surface area contributed by atoms with Crippen LogP contribution in [0.3, 0.4) is 0 Å². The molecule has 1 aliphatic rings. The normalized spacial score (nSPS) is 21.2. The van der Waals surface area contributed by atoms with Crippen LogP contribution in [0.5, 0.6) is 5.75 Å². The maximum atomic E-state index is 9.63. The molecule has 0 radical (unpaired) electrons. The van der Waals surface area contributed by atoms with Crippen LogP contribution in [0, 0.1) is 0 Å². The van der Waals surface area contributed by atoms with Crippen LogP contribution in [0.15, 0.2) is 18.2 Å². The average Bonchev–Trinajstić information content (AvgIpc) is 2.01. The Bertz CT molecular complexity index is 305. The third kappa shape index (κ3) is 1.42. The Labute approximate surface area is 78.6 Å². The number of benzene rings is 1. The van der Waals surface area contributed by atoms with Crippen molar-refractivity contribution in [2.45, 2.75) is 25.8 Å². The lowest BCUT2D eigenvalue weighted by atomic mass is 9.92. The summed E-state index contributed by atoms with van der Waals surface area (Å²) in [6, 6.07) is 6.27. The van der Waals surface area contributed by atoms with E-state index in [0.29, 0.717) is 11.8 Å². The molecule has 2 nitrogen and oxygen atoms in total. The minimum atomic E-state index is 0.439. The van der Waals surface area contributed by atoms with E-state index in [4.69, 9.17) is 0 Å². The molecule has 1 aliphatic heterocycles. The van der Waals surface area contributed by atoms with Gasteiger partial charge in [-0.05, 0) is 36.6 Å². The van der Waals surface area contributed by atoms with Crippen LogP contribution >= 0.6 is 0 Å². The van der Waals surface area contributed by atoms with Crippen molar-refractivity contribution >= 4 is 0 Å². The summed E-state index contributed by atoms with van der Waals surface area (Å²) in [5.74, 6) is 0.439. The number of rotatable bonds is 2. The van der Waals surface area contributed by atoms with Gasteiger partial charge in [-0.15, -0.1) is 0 Å². The van der Waals surface area contributed by atoms with Crippen molar-refractivity contribution < 1.29 is 5.11 Å². The molecule has 0 saturated carbocycles. The molecule has 1 aromatic carbocycles. The second-order valence-electron chi connectivity index (χ2n) is 3.49. The Kier molecular flexibility index (Phi) is 2.23. The molecule has 0 bridgehead atoms. The van der Waals surface area contributed by atoms with Crippen LogP contribution in [-0.2, 0) is 6.42 Å². The van der Waals surface area contributed by atoms with Gasteiger partial charge >= 0.3 is 0 Å². The smallest absolute Gasteiger partial charge is 0.119 e. The average molecular weight is 177 g/mol. The fourth-order valence-electron chi connectivity index (χ4n) is 1.86. The number of nitrogens with one attached hydrogen (secondary N) is 1. The van der Waals surface area contributed by atoms with E-state index in [2.05, 4.69) is 18.3 Å². The van der Waals surface area contributed by atoms with Crippen molar-refractivity contribution in [3.63, 3.8) is 0 Å². The van der Waals surface area contributed by atoms with Gasteiger partial charge in [0.15, 0.2) is 0 Å². The summed E-state index contributed by atoms with van der Waals surface area (Å²) in [5, 5.41) is 13.0. The zero-order valence-electron chi connectivity index (χ0n) is 7.88. The first kappa shape index (κ1) is 8.57. The van der Waals surface area contributed by atoms with E-state index >= 15 is 0 Å². The third-order valence-electron chi connectivity index (χ3n) is 2.74. The van der Waals surface area contributed by atoms with Crippen molar-refractivity contribution in [2.24, 2.45) is 0 Å². The maximum Gasteiger partial charge on any atom is 0.119 e. The van der Waals surface area contributed by atoms with Crippen LogP contribution in [0.4, 0.5) is 0 Å². The first-order valence-corrected chi connectivity index (χ1v) is 4.87. The predicted octanol–water partition coefficient (Wildman–Crippen LogP) is 1.99. The molecule has 0 aliphatic carbocycles. The van der Waals surface area contributed by atoms with E-state index in [9.17, 15) is 5.11 Å². The summed E-state index contributed by atoms with van der Waals surface area (Å²) >= 11 is 0. The zero-order chi connectivity index (χ0) is 9.26. The molecule has 1 unspecified atom stereocenters. The molecule has 0 aromatic heterocycles. The summed E-state index contributed by atoms with van der Waals surface area (Å²) in [5.41, 5.74) is 2.37. The number of phenolic OH excluding ortho intramolecular Hbond substituents is 1. The summed E-state index contributed by atoms with van der Waals surface area (Å²) < 4.78 is 0. The topological polar surface area (TPSA) is 32.3 Å². The second-order valence-corrected chi connectivity index (χ2v) is 3.49. The second kappa shape index (κ2) is 3.38. The quantitative estimate of drug-likeness (QED) is 0.724. The van der Waals surface area contributed by atoms with Gasteiger partial charge in [0, 0.05) is 6.04 Å². The largest absolute Gasteiger partial charge is 0.508 e. The van der Waals surface area contributed by atoms with E-state index in [0.717, 1.165) is 18.5 Å². The number of phenols is 1. The molecule has 2 heteroatoms. The van der Waals surface area contributed by atoms with Gasteiger partial charge in [0.25, 0.3) is 0 Å². The maximum absolute atomic E-state index is 9.63. The molecular weight excluding hydrogens is 162 g/mol. The van der Waals surface area contributed by atoms with Crippen LogP contribution < -0.4 is 5.32 Å². The molecular formula is C11H15NO. The first-order chi connectivity index (χ1) is 6.33. The van der Waals surface area contributed by atoms with Gasteiger partial charge in [-0.1, -0.05) is 19.1 Å². The van der Waals surface area contributed by atoms with Crippen LogP contribution in [0.2, 0.25) is 0 Å². The Morgan fingerprint density at radius 2 is 2.31 bits per heavy atom. The lowest BCUT2D eigenvalue weighted by Crippen LogP contribution is -2.35. The Hall–Kier alpha value is -1.02. The van der Waals surface area contributed by atoms with Crippen molar-refractivity contribution in [1.82, 2.24) is 5.32 Å². The van der Waals surface area contributed by atoms with Gasteiger partial charge in [-0.25, -0.2) is 0 Å². The molecule has 1 atom stereocenters. The van der Waals surface area contributed by atoms with E-state index in [1.807, 2.05) is 6.07 Å². The Morgan fingerprint density at radius 3 is 2.85 bits per heavy atom. The van der Waals surface area contributed by atoms with E-state index in [1.165, 1.54) is 12.0 Å². The minimum absolute atomic E-state index is 0.439. The van der Waals surface area contributed by atoms with Crippen molar-refractivity contribution in [2.75, 3.05) is 6.54 Å². The fraction of sp³-hybridized carbons (Fsp3) is 0.455. The highest BCUT2D eigenvalue weighted by molar-refractivity contribution is 5.41. The third-order valence-corrected chi connectivity index (χ3v) is 2.74. The molecule has 70 valence electrons. The molecule has 2 rings (SSSR count). The van der Waals surface area contributed by atoms with Crippen LogP contribution in [-0.4, -0.2) is 11.7 Å². The van der Waals surface area contributed by atoms with E-state index in [1.54, 1.807) is 6.07 Å². The number of hydrogen-bond donors (Lipinski definition) is 2. The number of hydrogen-bond acceptors (Lipinski definition) is 2. The minimum Gasteiger partial charge on any atom is -0.508 e. The highest BCUT2D eigenvalue weighted by Crippen LogP contribution is 2.30. The lowest BCUT2D eigenvalue weighted by Gasteiger charge is -2.30. The standard InChI is InChI=1S/C11H15NO/c1-2-8-9(10-6-7-12-10)4-3-5-11(8)13/h3-5,10,12-13H,2,6-7H2,1H3. The Balaban J connectivity index is 2.37. The van der Waals surface area contributed by atoms with Gasteiger partial charge in [-0.3, -0.25) is 0 Å². The van der Waals surface area contributed by atoms with E-state index < -0.39 is 0 Å². The van der Waals surface area contributed by atoms with Gasteiger partial charge in [0.05, 0.1) is 0 Å². The van der Waals surface area contributed by atoms with Gasteiger partial charge < -0.3 is 10.4 Å². The van der Waals surface area contributed by atoms with Gasteiger partial charge in [0.2, 0.25) is 0 Å². The molecule has 1 aromatic rings. The van der Waals surface area contributed by atoms with Crippen molar-refractivity contribution in [3.05, 3.63) is 29.3 Å². The molecule has 13 heavy (non-hydrogen) atoms. The van der Waals surface area contributed by atoms with Crippen LogP contribution in [0.25, 0.3) is 0 Å². The lowest BCUT2D eigenvalue weighted by molar-refractivity contribution is 0.377.